The van der Waals surface area contributed by atoms with Crippen molar-refractivity contribution in [2.24, 2.45) is 0 Å². The van der Waals surface area contributed by atoms with Gasteiger partial charge in [0.15, 0.2) is 0 Å². The van der Waals surface area contributed by atoms with E-state index in [1.165, 1.54) is 0 Å². The lowest BCUT2D eigenvalue weighted by atomic mass is 9.95. The maximum atomic E-state index is 11.2. The van der Waals surface area contributed by atoms with Crippen molar-refractivity contribution >= 4 is 22.6 Å². The lowest BCUT2D eigenvalue weighted by molar-refractivity contribution is -0.136. The molecule has 0 saturated carbocycles. The molecule has 0 amide bonds. The molecule has 0 unspecified atom stereocenters. The van der Waals surface area contributed by atoms with Crippen LogP contribution in [0.5, 0.6) is 0 Å². The Labute approximate surface area is 159 Å². The van der Waals surface area contributed by atoms with Crippen LogP contribution in [-0.2, 0) is 11.2 Å². The molecule has 0 spiro atoms. The van der Waals surface area contributed by atoms with Gasteiger partial charge in [-0.25, -0.2) is 4.58 Å². The van der Waals surface area contributed by atoms with Gasteiger partial charge in [-0.2, -0.15) is 0 Å². The normalized spacial score (nSPS) is 11.1. The Bertz CT molecular complexity index is 1010. The van der Waals surface area contributed by atoms with E-state index >= 15 is 0 Å². The highest BCUT2D eigenvalue weighted by atomic mass is 16.4. The summed E-state index contributed by atoms with van der Waals surface area (Å²) >= 11 is 0. The van der Waals surface area contributed by atoms with Crippen LogP contribution in [0.25, 0.3) is 22.3 Å². The Morgan fingerprint density at radius 2 is 1.85 bits per heavy atom. The summed E-state index contributed by atoms with van der Waals surface area (Å²) in [5.41, 5.74) is 3.92. The molecule has 1 heterocycles. The minimum absolute atomic E-state index is 0.0987. The quantitative estimate of drug-likeness (QED) is 0.536. The van der Waals surface area contributed by atoms with Crippen LogP contribution < -0.4 is 14.8 Å². The molecule has 1 N–H and O–H groups in total. The second kappa shape index (κ2) is 7.82. The lowest BCUT2D eigenvalue weighted by Crippen LogP contribution is -2.22. The number of fused-ring (bicyclic) bond motifs is 2. The standard InChI is InChI=1S/C22H26N2O3/c1-5-24(6-2)16-8-10-19-17(11-12-22(25)26)18-9-7-15(23(3)4)13-20(18)27-21(19)14-16/h7-10,13-14H,5-6,11-12H2,1-4H3/p+1. The highest BCUT2D eigenvalue weighted by molar-refractivity contribution is 5.90. The summed E-state index contributed by atoms with van der Waals surface area (Å²) in [4.78, 5) is 13.4. The van der Waals surface area contributed by atoms with Gasteiger partial charge in [-0.1, -0.05) is 0 Å². The predicted molar refractivity (Wildman–Crippen MR) is 109 cm³/mol. The van der Waals surface area contributed by atoms with Gasteiger partial charge in [0.25, 0.3) is 0 Å². The molecule has 27 heavy (non-hydrogen) atoms. The maximum Gasteiger partial charge on any atom is 0.303 e. The summed E-state index contributed by atoms with van der Waals surface area (Å²) in [6.45, 7) is 6.11. The highest BCUT2D eigenvalue weighted by Gasteiger charge is 2.18. The van der Waals surface area contributed by atoms with Crippen molar-refractivity contribution < 1.29 is 14.3 Å². The van der Waals surface area contributed by atoms with Gasteiger partial charge in [-0.15, -0.1) is 0 Å². The molecular weight excluding hydrogens is 340 g/mol. The van der Waals surface area contributed by atoms with Crippen molar-refractivity contribution in [1.29, 1.82) is 0 Å². The summed E-state index contributed by atoms with van der Waals surface area (Å²) in [5, 5.41) is 11.2. The van der Waals surface area contributed by atoms with Gasteiger partial charge in [-0.05, 0) is 44.0 Å². The Morgan fingerprint density at radius 3 is 2.48 bits per heavy atom. The van der Waals surface area contributed by atoms with E-state index in [-0.39, 0.29) is 6.42 Å². The number of hydrogen-bond acceptors (Lipinski definition) is 3. The van der Waals surface area contributed by atoms with Crippen LogP contribution in [-0.4, -0.2) is 38.3 Å². The number of nitrogens with zero attached hydrogens (tertiary/aromatic N) is 2. The Morgan fingerprint density at radius 1 is 1.11 bits per heavy atom. The van der Waals surface area contributed by atoms with Crippen LogP contribution in [0.3, 0.4) is 0 Å². The molecule has 0 atom stereocenters. The van der Waals surface area contributed by atoms with Crippen molar-refractivity contribution in [1.82, 2.24) is 4.58 Å². The maximum absolute atomic E-state index is 11.2. The SMILES string of the molecule is CCN(CC)c1ccc2c(CCC(=O)O)c3ccc(=[N+](C)C)cc-3oc2c1. The van der Waals surface area contributed by atoms with Gasteiger partial charge >= 0.3 is 5.97 Å². The third kappa shape index (κ3) is 3.82. The number of aryl methyl sites for hydroxylation is 1. The number of anilines is 1. The first-order chi connectivity index (χ1) is 12.9. The Balaban J connectivity index is 2.29. The fourth-order valence-corrected chi connectivity index (χ4v) is 3.52. The lowest BCUT2D eigenvalue weighted by Gasteiger charge is -2.22. The van der Waals surface area contributed by atoms with E-state index in [0.717, 1.165) is 52.0 Å². The fourth-order valence-electron chi connectivity index (χ4n) is 3.52. The summed E-state index contributed by atoms with van der Waals surface area (Å²) < 4.78 is 8.29. The summed E-state index contributed by atoms with van der Waals surface area (Å²) in [6, 6.07) is 12.3. The number of carboxylic acid groups (broad SMARTS) is 1. The van der Waals surface area contributed by atoms with Gasteiger partial charge in [0.05, 0.1) is 6.07 Å². The summed E-state index contributed by atoms with van der Waals surface area (Å²) in [7, 11) is 3.98. The first-order valence-corrected chi connectivity index (χ1v) is 9.41. The molecule has 3 rings (SSSR count). The smallest absolute Gasteiger partial charge is 0.303 e. The number of carboxylic acids is 1. The topological polar surface area (TPSA) is 56.7 Å². The van der Waals surface area contributed by atoms with Crippen LogP contribution in [0, 0.1) is 0 Å². The molecule has 0 fully saturated rings. The van der Waals surface area contributed by atoms with Crippen LogP contribution in [0.4, 0.5) is 5.69 Å². The molecule has 5 heteroatoms. The zero-order valence-electron chi connectivity index (χ0n) is 16.5. The van der Waals surface area contributed by atoms with Gasteiger partial charge in [-0.3, -0.25) is 4.79 Å². The molecule has 1 aliphatic carbocycles. The van der Waals surface area contributed by atoms with Crippen molar-refractivity contribution in [3.63, 3.8) is 0 Å². The minimum Gasteiger partial charge on any atom is -0.481 e. The number of rotatable bonds is 6. The molecule has 0 aromatic heterocycles. The average molecular weight is 367 g/mol. The largest absolute Gasteiger partial charge is 0.481 e. The van der Waals surface area contributed by atoms with Gasteiger partial charge in [0.1, 0.15) is 25.4 Å². The first-order valence-electron chi connectivity index (χ1n) is 9.41. The number of hydrogen-bond donors (Lipinski definition) is 1. The number of carbonyl (C=O) groups is 1. The summed E-state index contributed by atoms with van der Waals surface area (Å²) in [6.07, 6.45) is 0.575. The molecule has 1 aliphatic heterocycles. The molecule has 1 aromatic carbocycles. The van der Waals surface area contributed by atoms with E-state index in [2.05, 4.69) is 36.9 Å². The van der Waals surface area contributed by atoms with Crippen molar-refractivity contribution in [3.05, 3.63) is 47.3 Å². The van der Waals surface area contributed by atoms with Crippen LogP contribution in [0.1, 0.15) is 25.8 Å². The molecule has 0 bridgehead atoms. The number of aliphatic carboxylic acids is 1. The van der Waals surface area contributed by atoms with E-state index in [1.54, 1.807) is 0 Å². The van der Waals surface area contributed by atoms with Crippen molar-refractivity contribution in [3.8, 4) is 11.3 Å². The van der Waals surface area contributed by atoms with Gasteiger partial charge in [0, 0.05) is 48.3 Å². The van der Waals surface area contributed by atoms with E-state index in [9.17, 15) is 9.90 Å². The minimum atomic E-state index is -0.790. The van der Waals surface area contributed by atoms with E-state index < -0.39 is 5.97 Å². The molecule has 1 aromatic rings. The van der Waals surface area contributed by atoms with Crippen LogP contribution >= 0.6 is 0 Å². The predicted octanol–water partition coefficient (Wildman–Crippen LogP) is 3.43. The zero-order valence-corrected chi connectivity index (χ0v) is 16.5. The fraction of sp³-hybridized carbons (Fsp3) is 0.364. The van der Waals surface area contributed by atoms with Gasteiger partial charge in [0.2, 0.25) is 5.36 Å². The van der Waals surface area contributed by atoms with E-state index in [1.807, 2.05) is 36.9 Å². The van der Waals surface area contributed by atoms with Gasteiger partial charge < -0.3 is 14.4 Å². The number of benzene rings is 2. The molecule has 142 valence electrons. The molecule has 0 radical (unpaired) electrons. The summed E-state index contributed by atoms with van der Waals surface area (Å²) in [5.74, 6) is -0.00690. The Kier molecular flexibility index (Phi) is 5.49. The highest BCUT2D eigenvalue weighted by Crippen LogP contribution is 2.35. The van der Waals surface area contributed by atoms with Crippen LogP contribution in [0.15, 0.2) is 40.8 Å². The zero-order chi connectivity index (χ0) is 19.6. The van der Waals surface area contributed by atoms with Crippen molar-refractivity contribution in [2.45, 2.75) is 26.7 Å². The average Bonchev–Trinajstić information content (AvgIpc) is 2.65. The molecule has 5 nitrogen and oxygen atoms in total. The first kappa shape index (κ1) is 19.0. The second-order valence-electron chi connectivity index (χ2n) is 6.90. The second-order valence-corrected chi connectivity index (χ2v) is 6.90. The molecule has 0 saturated heterocycles. The Hall–Kier alpha value is -2.82. The molecule has 2 aliphatic rings. The van der Waals surface area contributed by atoms with E-state index in [0.29, 0.717) is 6.42 Å². The molecular formula is C22H27N2O3+. The van der Waals surface area contributed by atoms with Crippen LogP contribution in [0.2, 0.25) is 0 Å². The third-order valence-corrected chi connectivity index (χ3v) is 5.03. The van der Waals surface area contributed by atoms with E-state index in [4.69, 9.17) is 4.42 Å². The monoisotopic (exact) mass is 367 g/mol. The van der Waals surface area contributed by atoms with Crippen molar-refractivity contribution in [2.75, 3.05) is 32.1 Å². The third-order valence-electron chi connectivity index (χ3n) is 5.03.